The van der Waals surface area contributed by atoms with E-state index in [1.54, 1.807) is 0 Å². The van der Waals surface area contributed by atoms with Crippen LogP contribution in [0.25, 0.3) is 0 Å². The minimum absolute atomic E-state index is 0.377. The second-order valence-electron chi connectivity index (χ2n) is 3.02. The molecule has 2 nitrogen and oxygen atoms in total. The second-order valence-corrected chi connectivity index (χ2v) is 3.29. The Hall–Kier alpha value is -1.28. The molecule has 0 saturated carbocycles. The van der Waals surface area contributed by atoms with Gasteiger partial charge < -0.3 is 4.42 Å². The molecule has 72 valence electrons. The molecule has 0 atom stereocenters. The molecule has 1 aromatic carbocycles. The van der Waals surface area contributed by atoms with Crippen LogP contribution in [-0.2, 0) is 12.3 Å². The van der Waals surface area contributed by atoms with Crippen LogP contribution in [0.5, 0.6) is 0 Å². The first-order valence-electron chi connectivity index (χ1n) is 4.41. The van der Waals surface area contributed by atoms with Crippen LogP contribution >= 0.6 is 11.6 Å². The molecular formula is C11H10ClNO. The van der Waals surface area contributed by atoms with Gasteiger partial charge in [-0.05, 0) is 5.56 Å². The van der Waals surface area contributed by atoms with Crippen LogP contribution < -0.4 is 0 Å². The molecule has 0 spiro atoms. The Morgan fingerprint density at radius 3 is 2.71 bits per heavy atom. The van der Waals surface area contributed by atoms with Crippen molar-refractivity contribution in [3.63, 3.8) is 0 Å². The molecular weight excluding hydrogens is 198 g/mol. The van der Waals surface area contributed by atoms with Crippen LogP contribution in [0.3, 0.4) is 0 Å². The highest BCUT2D eigenvalue weighted by Gasteiger charge is 2.06. The Kier molecular flexibility index (Phi) is 2.84. The fraction of sp³-hybridized carbons (Fsp3) is 0.182. The van der Waals surface area contributed by atoms with Gasteiger partial charge in [-0.15, -0.1) is 11.6 Å². The maximum atomic E-state index is 5.71. The first-order chi connectivity index (χ1) is 6.90. The number of halogens is 1. The first kappa shape index (κ1) is 9.28. The number of aromatic nitrogens is 1. The molecule has 0 amide bonds. The van der Waals surface area contributed by atoms with Gasteiger partial charge in [-0.1, -0.05) is 30.3 Å². The molecule has 14 heavy (non-hydrogen) atoms. The van der Waals surface area contributed by atoms with Crippen molar-refractivity contribution in [2.24, 2.45) is 0 Å². The fourth-order valence-corrected chi connectivity index (χ4v) is 1.55. The van der Waals surface area contributed by atoms with Crippen LogP contribution in [0.1, 0.15) is 17.0 Å². The van der Waals surface area contributed by atoms with Gasteiger partial charge in [0.25, 0.3) is 0 Å². The number of hydrogen-bond acceptors (Lipinski definition) is 2. The Morgan fingerprint density at radius 1 is 1.21 bits per heavy atom. The van der Waals surface area contributed by atoms with Crippen molar-refractivity contribution in [2.75, 3.05) is 0 Å². The predicted octanol–water partition coefficient (Wildman–Crippen LogP) is 3.00. The average molecular weight is 208 g/mol. The van der Waals surface area contributed by atoms with E-state index in [9.17, 15) is 0 Å². The lowest BCUT2D eigenvalue weighted by Gasteiger charge is -1.98. The summed E-state index contributed by atoms with van der Waals surface area (Å²) in [6.07, 6.45) is 2.22. The number of rotatable bonds is 3. The maximum Gasteiger partial charge on any atom is 0.181 e. The number of hydrogen-bond donors (Lipinski definition) is 0. The molecule has 0 radical (unpaired) electrons. The molecule has 1 heterocycles. The van der Waals surface area contributed by atoms with Crippen LogP contribution in [-0.4, -0.2) is 4.98 Å². The summed E-state index contributed by atoms with van der Waals surface area (Å²) in [5.41, 5.74) is 2.14. The zero-order chi connectivity index (χ0) is 9.80. The minimum Gasteiger partial charge on any atom is -0.447 e. The smallest absolute Gasteiger partial charge is 0.181 e. The van der Waals surface area contributed by atoms with Gasteiger partial charge in [-0.2, -0.15) is 0 Å². The van der Waals surface area contributed by atoms with Crippen molar-refractivity contribution in [2.45, 2.75) is 12.3 Å². The minimum atomic E-state index is 0.377. The van der Waals surface area contributed by atoms with Crippen molar-refractivity contribution in [1.82, 2.24) is 4.98 Å². The van der Waals surface area contributed by atoms with Gasteiger partial charge in [-0.25, -0.2) is 4.98 Å². The fourth-order valence-electron chi connectivity index (χ4n) is 1.34. The zero-order valence-electron chi connectivity index (χ0n) is 7.61. The molecule has 3 heteroatoms. The molecule has 0 fully saturated rings. The van der Waals surface area contributed by atoms with Crippen LogP contribution in [0.4, 0.5) is 0 Å². The monoisotopic (exact) mass is 207 g/mol. The topological polar surface area (TPSA) is 26.0 Å². The van der Waals surface area contributed by atoms with Gasteiger partial charge in [0.15, 0.2) is 6.39 Å². The summed E-state index contributed by atoms with van der Waals surface area (Å²) < 4.78 is 5.14. The van der Waals surface area contributed by atoms with E-state index >= 15 is 0 Å². The average Bonchev–Trinajstić information content (AvgIpc) is 2.67. The molecule has 0 aliphatic rings. The molecule has 2 aromatic rings. The van der Waals surface area contributed by atoms with Crippen LogP contribution in [0.2, 0.25) is 0 Å². The molecule has 0 saturated heterocycles. The maximum absolute atomic E-state index is 5.71. The van der Waals surface area contributed by atoms with Gasteiger partial charge in [0.2, 0.25) is 0 Å². The van der Waals surface area contributed by atoms with Gasteiger partial charge in [0.1, 0.15) is 5.76 Å². The molecule has 0 aliphatic carbocycles. The van der Waals surface area contributed by atoms with Crippen molar-refractivity contribution in [3.05, 3.63) is 53.7 Å². The summed E-state index contributed by atoms with van der Waals surface area (Å²) in [4.78, 5) is 4.13. The Balaban J connectivity index is 2.19. The number of alkyl halides is 1. The van der Waals surface area contributed by atoms with Crippen molar-refractivity contribution < 1.29 is 4.42 Å². The Morgan fingerprint density at radius 2 is 2.00 bits per heavy atom. The van der Waals surface area contributed by atoms with E-state index in [4.69, 9.17) is 16.0 Å². The lowest BCUT2D eigenvalue weighted by Crippen LogP contribution is -1.91. The predicted molar refractivity (Wildman–Crippen MR) is 55.3 cm³/mol. The number of benzene rings is 1. The van der Waals surface area contributed by atoms with Gasteiger partial charge in [-0.3, -0.25) is 0 Å². The standard InChI is InChI=1S/C11H10ClNO/c12-7-11-10(13-8-14-11)6-9-4-2-1-3-5-9/h1-5,8H,6-7H2. The molecule has 0 bridgehead atoms. The van der Waals surface area contributed by atoms with Crippen molar-refractivity contribution >= 4 is 11.6 Å². The Labute approximate surface area is 87.5 Å². The van der Waals surface area contributed by atoms with Gasteiger partial charge >= 0.3 is 0 Å². The van der Waals surface area contributed by atoms with E-state index in [-0.39, 0.29) is 0 Å². The van der Waals surface area contributed by atoms with E-state index < -0.39 is 0 Å². The van der Waals surface area contributed by atoms with E-state index in [2.05, 4.69) is 17.1 Å². The highest BCUT2D eigenvalue weighted by Crippen LogP contribution is 2.14. The summed E-state index contributed by atoms with van der Waals surface area (Å²) in [5.74, 6) is 1.14. The normalized spacial score (nSPS) is 10.4. The summed E-state index contributed by atoms with van der Waals surface area (Å²) >= 11 is 5.71. The van der Waals surface area contributed by atoms with E-state index in [0.717, 1.165) is 17.9 Å². The lowest BCUT2D eigenvalue weighted by molar-refractivity contribution is 0.520. The molecule has 0 unspecified atom stereocenters. The largest absolute Gasteiger partial charge is 0.447 e. The van der Waals surface area contributed by atoms with Crippen LogP contribution in [0, 0.1) is 0 Å². The van der Waals surface area contributed by atoms with Gasteiger partial charge in [0.05, 0.1) is 11.6 Å². The van der Waals surface area contributed by atoms with E-state index in [1.807, 2.05) is 18.2 Å². The SMILES string of the molecule is ClCc1ocnc1Cc1ccccc1. The number of nitrogens with zero attached hydrogens (tertiary/aromatic N) is 1. The highest BCUT2D eigenvalue weighted by molar-refractivity contribution is 6.16. The molecule has 0 N–H and O–H groups in total. The highest BCUT2D eigenvalue weighted by atomic mass is 35.5. The summed E-state index contributed by atoms with van der Waals surface area (Å²) in [6, 6.07) is 10.1. The number of oxazole rings is 1. The zero-order valence-corrected chi connectivity index (χ0v) is 8.37. The summed E-state index contributed by atoms with van der Waals surface area (Å²) in [6.45, 7) is 0. The second kappa shape index (κ2) is 4.29. The third-order valence-electron chi connectivity index (χ3n) is 2.06. The van der Waals surface area contributed by atoms with Gasteiger partial charge in [0, 0.05) is 6.42 Å². The molecule has 2 rings (SSSR count). The Bertz CT molecular complexity index is 397. The quantitative estimate of drug-likeness (QED) is 0.724. The summed E-state index contributed by atoms with van der Waals surface area (Å²) in [5, 5.41) is 0. The van der Waals surface area contributed by atoms with Crippen molar-refractivity contribution in [3.8, 4) is 0 Å². The molecule has 1 aromatic heterocycles. The third-order valence-corrected chi connectivity index (χ3v) is 2.30. The molecule has 0 aliphatic heterocycles. The van der Waals surface area contributed by atoms with Crippen molar-refractivity contribution in [1.29, 1.82) is 0 Å². The third kappa shape index (κ3) is 1.96. The van der Waals surface area contributed by atoms with E-state index in [0.29, 0.717) is 5.88 Å². The van der Waals surface area contributed by atoms with Crippen LogP contribution in [0.15, 0.2) is 41.1 Å². The first-order valence-corrected chi connectivity index (χ1v) is 4.94. The lowest BCUT2D eigenvalue weighted by atomic mass is 10.1. The van der Waals surface area contributed by atoms with E-state index in [1.165, 1.54) is 12.0 Å². The summed E-state index contributed by atoms with van der Waals surface area (Å²) in [7, 11) is 0.